The van der Waals surface area contributed by atoms with Crippen LogP contribution in [0.4, 0.5) is 10.5 Å². The first kappa shape index (κ1) is 17.0. The van der Waals surface area contributed by atoms with E-state index in [1.165, 1.54) is 4.90 Å². The van der Waals surface area contributed by atoms with Gasteiger partial charge in [-0.05, 0) is 54.6 Å². The Hall–Kier alpha value is -2.79. The van der Waals surface area contributed by atoms with Crippen molar-refractivity contribution in [1.82, 2.24) is 0 Å². The van der Waals surface area contributed by atoms with Crippen LogP contribution in [0.1, 0.15) is 11.1 Å². The van der Waals surface area contributed by atoms with Gasteiger partial charge < -0.3 is 4.74 Å². The normalized spacial score (nSPS) is 15.7. The molecular formula is C20H17NO3S. The van der Waals surface area contributed by atoms with Gasteiger partial charge in [0.15, 0.2) is 0 Å². The molecule has 1 fully saturated rings. The van der Waals surface area contributed by atoms with E-state index in [9.17, 15) is 9.59 Å². The summed E-state index contributed by atoms with van der Waals surface area (Å²) in [6.45, 7) is 6.00. The lowest BCUT2D eigenvalue weighted by Gasteiger charge is -2.12. The van der Waals surface area contributed by atoms with Crippen LogP contribution in [0.25, 0.3) is 6.08 Å². The van der Waals surface area contributed by atoms with Gasteiger partial charge in [0, 0.05) is 0 Å². The lowest BCUT2D eigenvalue weighted by molar-refractivity contribution is -0.113. The third kappa shape index (κ3) is 3.83. The van der Waals surface area contributed by atoms with Crippen molar-refractivity contribution in [3.8, 4) is 5.75 Å². The summed E-state index contributed by atoms with van der Waals surface area (Å²) in [6.07, 6.45) is 3.39. The van der Waals surface area contributed by atoms with E-state index >= 15 is 0 Å². The van der Waals surface area contributed by atoms with Gasteiger partial charge in [0.25, 0.3) is 11.1 Å². The smallest absolute Gasteiger partial charge is 0.298 e. The summed E-state index contributed by atoms with van der Waals surface area (Å²) in [7, 11) is 0. The minimum atomic E-state index is -0.300. The van der Waals surface area contributed by atoms with Crippen LogP contribution in [0.3, 0.4) is 0 Å². The fraction of sp³-hybridized carbons (Fsp3) is 0.100. The Kier molecular flexibility index (Phi) is 5.05. The van der Waals surface area contributed by atoms with Crippen molar-refractivity contribution >= 4 is 34.7 Å². The Balaban J connectivity index is 1.80. The largest absolute Gasteiger partial charge is 0.490 e. The predicted octanol–water partition coefficient (Wildman–Crippen LogP) is 4.80. The number of hydrogen-bond donors (Lipinski definition) is 0. The standard InChI is InChI=1S/C20H17NO3S/c1-3-12-24-17-10-6-15(7-11-17)13-18-19(22)21(20(23)25-18)16-8-4-14(2)5-9-16/h3-11,13H,1,12H2,2H3/b18-13-. The van der Waals surface area contributed by atoms with Crippen molar-refractivity contribution in [1.29, 1.82) is 0 Å². The zero-order chi connectivity index (χ0) is 17.8. The van der Waals surface area contributed by atoms with Crippen LogP contribution in [0, 0.1) is 6.92 Å². The van der Waals surface area contributed by atoms with Gasteiger partial charge >= 0.3 is 0 Å². The molecule has 2 aromatic carbocycles. The van der Waals surface area contributed by atoms with Crippen LogP contribution in [-0.4, -0.2) is 17.8 Å². The second-order valence-corrected chi connectivity index (χ2v) is 6.51. The number of rotatable bonds is 5. The van der Waals surface area contributed by atoms with Crippen molar-refractivity contribution in [3.63, 3.8) is 0 Å². The molecule has 0 radical (unpaired) electrons. The summed E-state index contributed by atoms with van der Waals surface area (Å²) in [5.41, 5.74) is 2.50. The van der Waals surface area contributed by atoms with Crippen LogP contribution < -0.4 is 9.64 Å². The fourth-order valence-corrected chi connectivity index (χ4v) is 3.19. The molecule has 2 amide bonds. The van der Waals surface area contributed by atoms with E-state index in [1.54, 1.807) is 24.3 Å². The van der Waals surface area contributed by atoms with E-state index in [0.29, 0.717) is 17.2 Å². The van der Waals surface area contributed by atoms with Crippen LogP contribution in [0.5, 0.6) is 5.75 Å². The van der Waals surface area contributed by atoms with Gasteiger partial charge in [-0.15, -0.1) is 0 Å². The van der Waals surface area contributed by atoms with Crippen molar-refractivity contribution in [2.45, 2.75) is 6.92 Å². The minimum Gasteiger partial charge on any atom is -0.490 e. The Bertz CT molecular complexity index is 838. The highest BCUT2D eigenvalue weighted by atomic mass is 32.2. The SMILES string of the molecule is C=CCOc1ccc(/C=C2\SC(=O)N(c3ccc(C)cc3)C2=O)cc1. The van der Waals surface area contributed by atoms with E-state index in [1.807, 2.05) is 43.3 Å². The maximum atomic E-state index is 12.6. The first-order chi connectivity index (χ1) is 12.1. The second kappa shape index (κ2) is 7.40. The molecule has 126 valence electrons. The number of hydrogen-bond acceptors (Lipinski definition) is 4. The molecule has 0 aliphatic carbocycles. The van der Waals surface area contributed by atoms with Crippen molar-refractivity contribution in [2.75, 3.05) is 11.5 Å². The van der Waals surface area contributed by atoms with Gasteiger partial charge in [-0.25, -0.2) is 4.90 Å². The Labute approximate surface area is 150 Å². The average molecular weight is 351 g/mol. The molecule has 0 saturated carbocycles. The number of anilines is 1. The molecular weight excluding hydrogens is 334 g/mol. The third-order valence-corrected chi connectivity index (χ3v) is 4.50. The Morgan fingerprint density at radius 1 is 1.08 bits per heavy atom. The zero-order valence-electron chi connectivity index (χ0n) is 13.8. The molecule has 0 aromatic heterocycles. The quantitative estimate of drug-likeness (QED) is 0.573. The van der Waals surface area contributed by atoms with Gasteiger partial charge in [-0.2, -0.15) is 0 Å². The first-order valence-electron chi connectivity index (χ1n) is 7.77. The highest BCUT2D eigenvalue weighted by Crippen LogP contribution is 2.35. The van der Waals surface area contributed by atoms with Gasteiger partial charge in [-0.3, -0.25) is 9.59 Å². The van der Waals surface area contributed by atoms with Crippen LogP contribution >= 0.6 is 11.8 Å². The second-order valence-electron chi connectivity index (χ2n) is 5.52. The molecule has 0 bridgehead atoms. The third-order valence-electron chi connectivity index (χ3n) is 3.63. The van der Waals surface area contributed by atoms with E-state index in [0.717, 1.165) is 28.6 Å². The number of nitrogens with zero attached hydrogens (tertiary/aromatic N) is 1. The fourth-order valence-electron chi connectivity index (χ4n) is 2.35. The number of imide groups is 1. The zero-order valence-corrected chi connectivity index (χ0v) is 14.6. The van der Waals surface area contributed by atoms with E-state index in [2.05, 4.69) is 6.58 Å². The molecule has 3 rings (SSSR count). The van der Waals surface area contributed by atoms with Crippen molar-refractivity contribution in [2.24, 2.45) is 0 Å². The summed E-state index contributed by atoms with van der Waals surface area (Å²) in [5, 5.41) is -0.286. The maximum Gasteiger partial charge on any atom is 0.298 e. The first-order valence-corrected chi connectivity index (χ1v) is 8.58. The molecule has 1 heterocycles. The molecule has 0 spiro atoms. The molecule has 1 aliphatic heterocycles. The van der Waals surface area contributed by atoms with Crippen LogP contribution in [0.2, 0.25) is 0 Å². The van der Waals surface area contributed by atoms with Crippen molar-refractivity contribution in [3.05, 3.63) is 77.2 Å². The molecule has 1 saturated heterocycles. The van der Waals surface area contributed by atoms with E-state index < -0.39 is 0 Å². The lowest BCUT2D eigenvalue weighted by atomic mass is 10.2. The summed E-state index contributed by atoms with van der Waals surface area (Å²) in [4.78, 5) is 26.4. The van der Waals surface area contributed by atoms with E-state index in [-0.39, 0.29) is 11.1 Å². The topological polar surface area (TPSA) is 46.6 Å². The summed E-state index contributed by atoms with van der Waals surface area (Å²) < 4.78 is 5.43. The van der Waals surface area contributed by atoms with E-state index in [4.69, 9.17) is 4.74 Å². The highest BCUT2D eigenvalue weighted by molar-refractivity contribution is 8.19. The number of benzene rings is 2. The summed E-state index contributed by atoms with van der Waals surface area (Å²) >= 11 is 0.948. The molecule has 0 atom stereocenters. The lowest BCUT2D eigenvalue weighted by Crippen LogP contribution is -2.27. The number of thioether (sulfide) groups is 1. The molecule has 5 heteroatoms. The van der Waals surface area contributed by atoms with Crippen LogP contribution in [-0.2, 0) is 4.79 Å². The number of amides is 2. The monoisotopic (exact) mass is 351 g/mol. The van der Waals surface area contributed by atoms with Gasteiger partial charge in [0.2, 0.25) is 0 Å². The van der Waals surface area contributed by atoms with Gasteiger partial charge in [0.1, 0.15) is 12.4 Å². The number of aryl methyl sites for hydroxylation is 1. The Morgan fingerprint density at radius 3 is 2.40 bits per heavy atom. The molecule has 25 heavy (non-hydrogen) atoms. The van der Waals surface area contributed by atoms with Crippen LogP contribution in [0.15, 0.2) is 66.1 Å². The molecule has 2 aromatic rings. The number of ether oxygens (including phenoxy) is 1. The minimum absolute atomic E-state index is 0.286. The highest BCUT2D eigenvalue weighted by Gasteiger charge is 2.36. The Morgan fingerprint density at radius 2 is 1.76 bits per heavy atom. The average Bonchev–Trinajstić information content (AvgIpc) is 2.89. The maximum absolute atomic E-state index is 12.6. The van der Waals surface area contributed by atoms with Gasteiger partial charge in [-0.1, -0.05) is 42.5 Å². The molecule has 0 N–H and O–H groups in total. The molecule has 0 unspecified atom stereocenters. The number of carbonyl (C=O) groups is 2. The predicted molar refractivity (Wildman–Crippen MR) is 102 cm³/mol. The molecule has 1 aliphatic rings. The van der Waals surface area contributed by atoms with Gasteiger partial charge in [0.05, 0.1) is 10.6 Å². The summed E-state index contributed by atoms with van der Waals surface area (Å²) in [6, 6.07) is 14.6. The van der Waals surface area contributed by atoms with Crippen molar-refractivity contribution < 1.29 is 14.3 Å². The summed E-state index contributed by atoms with van der Waals surface area (Å²) in [5.74, 6) is 0.427. The molecule has 4 nitrogen and oxygen atoms in total. The number of carbonyl (C=O) groups excluding carboxylic acids is 2.